The average molecular weight is 270 g/mol. The molecule has 0 saturated carbocycles. The SMILES string of the molecule is CNc1ccc(C(=O)N(C)Cc2cccc(C)c2)nn1. The molecule has 0 atom stereocenters. The summed E-state index contributed by atoms with van der Waals surface area (Å²) in [6.07, 6.45) is 0. The van der Waals surface area contributed by atoms with Crippen LogP contribution in [0.2, 0.25) is 0 Å². The number of amides is 1. The zero-order valence-electron chi connectivity index (χ0n) is 11.9. The van der Waals surface area contributed by atoms with E-state index >= 15 is 0 Å². The number of aromatic nitrogens is 2. The number of anilines is 1. The first-order valence-corrected chi connectivity index (χ1v) is 6.42. The van der Waals surface area contributed by atoms with Gasteiger partial charge in [-0.25, -0.2) is 0 Å². The van der Waals surface area contributed by atoms with Crippen LogP contribution in [0.25, 0.3) is 0 Å². The topological polar surface area (TPSA) is 58.1 Å². The molecule has 0 aliphatic heterocycles. The summed E-state index contributed by atoms with van der Waals surface area (Å²) in [5, 5.41) is 10.7. The minimum atomic E-state index is -0.137. The van der Waals surface area contributed by atoms with Gasteiger partial charge in [0.05, 0.1) is 0 Å². The monoisotopic (exact) mass is 270 g/mol. The van der Waals surface area contributed by atoms with Gasteiger partial charge in [-0.3, -0.25) is 4.79 Å². The fraction of sp³-hybridized carbons (Fsp3) is 0.267. The normalized spacial score (nSPS) is 10.2. The second-order valence-electron chi connectivity index (χ2n) is 4.70. The Balaban J connectivity index is 2.07. The summed E-state index contributed by atoms with van der Waals surface area (Å²) in [5.41, 5.74) is 2.63. The van der Waals surface area contributed by atoms with Crippen LogP contribution in [0.15, 0.2) is 36.4 Å². The Morgan fingerprint density at radius 3 is 2.65 bits per heavy atom. The molecule has 0 spiro atoms. The van der Waals surface area contributed by atoms with Crippen molar-refractivity contribution in [2.45, 2.75) is 13.5 Å². The zero-order valence-corrected chi connectivity index (χ0v) is 11.9. The van der Waals surface area contributed by atoms with Gasteiger partial charge in [0.1, 0.15) is 5.82 Å². The van der Waals surface area contributed by atoms with Crippen molar-refractivity contribution in [3.63, 3.8) is 0 Å². The van der Waals surface area contributed by atoms with E-state index in [1.165, 1.54) is 5.56 Å². The maximum absolute atomic E-state index is 12.2. The zero-order chi connectivity index (χ0) is 14.5. The van der Waals surface area contributed by atoms with Crippen LogP contribution in [0.5, 0.6) is 0 Å². The Kier molecular flexibility index (Phi) is 4.30. The van der Waals surface area contributed by atoms with Gasteiger partial charge in [-0.1, -0.05) is 29.8 Å². The molecule has 2 aromatic rings. The molecule has 1 aromatic carbocycles. The molecule has 2 rings (SSSR count). The van der Waals surface area contributed by atoms with Crippen LogP contribution in [0.4, 0.5) is 5.82 Å². The molecule has 5 heteroatoms. The van der Waals surface area contributed by atoms with Gasteiger partial charge >= 0.3 is 0 Å². The van der Waals surface area contributed by atoms with Crippen molar-refractivity contribution >= 4 is 11.7 Å². The van der Waals surface area contributed by atoms with Crippen molar-refractivity contribution in [3.8, 4) is 0 Å². The van der Waals surface area contributed by atoms with Crippen molar-refractivity contribution in [2.24, 2.45) is 0 Å². The van der Waals surface area contributed by atoms with Crippen molar-refractivity contribution in [2.75, 3.05) is 19.4 Å². The molecule has 1 amide bonds. The highest BCUT2D eigenvalue weighted by molar-refractivity contribution is 5.92. The Labute approximate surface area is 118 Å². The van der Waals surface area contributed by atoms with Gasteiger partial charge in [0.25, 0.3) is 5.91 Å². The maximum Gasteiger partial charge on any atom is 0.274 e. The lowest BCUT2D eigenvalue weighted by Gasteiger charge is -2.16. The largest absolute Gasteiger partial charge is 0.372 e. The molecule has 0 aliphatic rings. The number of hydrogen-bond donors (Lipinski definition) is 1. The van der Waals surface area contributed by atoms with Gasteiger partial charge in [-0.15, -0.1) is 10.2 Å². The van der Waals surface area contributed by atoms with Crippen LogP contribution in [0.3, 0.4) is 0 Å². The van der Waals surface area contributed by atoms with E-state index in [0.717, 1.165) is 5.56 Å². The minimum Gasteiger partial charge on any atom is -0.372 e. The van der Waals surface area contributed by atoms with Crippen LogP contribution >= 0.6 is 0 Å². The third-order valence-corrected chi connectivity index (χ3v) is 2.99. The number of nitrogens with zero attached hydrogens (tertiary/aromatic N) is 3. The summed E-state index contributed by atoms with van der Waals surface area (Å²) in [6, 6.07) is 11.5. The highest BCUT2D eigenvalue weighted by Gasteiger charge is 2.14. The highest BCUT2D eigenvalue weighted by Crippen LogP contribution is 2.09. The molecule has 0 unspecified atom stereocenters. The highest BCUT2D eigenvalue weighted by atomic mass is 16.2. The minimum absolute atomic E-state index is 0.137. The lowest BCUT2D eigenvalue weighted by Crippen LogP contribution is -2.27. The van der Waals surface area contributed by atoms with Crippen LogP contribution in [0.1, 0.15) is 21.6 Å². The fourth-order valence-corrected chi connectivity index (χ4v) is 1.93. The predicted octanol–water partition coefficient (Wildman–Crippen LogP) is 2.10. The first kappa shape index (κ1) is 14.0. The van der Waals surface area contributed by atoms with E-state index in [1.807, 2.05) is 25.1 Å². The summed E-state index contributed by atoms with van der Waals surface area (Å²) in [6.45, 7) is 2.59. The second-order valence-corrected chi connectivity index (χ2v) is 4.70. The maximum atomic E-state index is 12.2. The van der Waals surface area contributed by atoms with E-state index in [-0.39, 0.29) is 5.91 Å². The Morgan fingerprint density at radius 2 is 2.05 bits per heavy atom. The van der Waals surface area contributed by atoms with Gasteiger partial charge in [0.2, 0.25) is 0 Å². The lowest BCUT2D eigenvalue weighted by molar-refractivity contribution is 0.0778. The van der Waals surface area contributed by atoms with Gasteiger partial charge in [0.15, 0.2) is 5.69 Å². The van der Waals surface area contributed by atoms with Crippen molar-refractivity contribution in [3.05, 3.63) is 53.2 Å². The number of rotatable bonds is 4. The predicted molar refractivity (Wildman–Crippen MR) is 78.6 cm³/mol. The standard InChI is InChI=1S/C15H18N4O/c1-11-5-4-6-12(9-11)10-19(3)15(20)13-7-8-14(16-2)18-17-13/h4-9H,10H2,1-3H3,(H,16,18). The molecule has 1 aromatic heterocycles. The van der Waals surface area contributed by atoms with Crippen LogP contribution in [-0.2, 0) is 6.54 Å². The van der Waals surface area contributed by atoms with E-state index in [9.17, 15) is 4.79 Å². The fourth-order valence-electron chi connectivity index (χ4n) is 1.93. The molecule has 1 heterocycles. The van der Waals surface area contributed by atoms with Crippen molar-refractivity contribution in [1.82, 2.24) is 15.1 Å². The number of benzene rings is 1. The first-order chi connectivity index (χ1) is 9.60. The average Bonchev–Trinajstić information content (AvgIpc) is 2.46. The molecule has 0 saturated heterocycles. The van der Waals surface area contributed by atoms with E-state index in [1.54, 1.807) is 31.1 Å². The third-order valence-electron chi connectivity index (χ3n) is 2.99. The summed E-state index contributed by atoms with van der Waals surface area (Å²) < 4.78 is 0. The molecule has 0 bridgehead atoms. The van der Waals surface area contributed by atoms with Crippen LogP contribution in [0, 0.1) is 6.92 Å². The molecule has 0 aliphatic carbocycles. The van der Waals surface area contributed by atoms with Crippen LogP contribution in [-0.4, -0.2) is 35.1 Å². The van der Waals surface area contributed by atoms with E-state index in [0.29, 0.717) is 18.1 Å². The second kappa shape index (κ2) is 6.14. The molecule has 0 radical (unpaired) electrons. The van der Waals surface area contributed by atoms with Gasteiger partial charge < -0.3 is 10.2 Å². The van der Waals surface area contributed by atoms with Gasteiger partial charge in [0, 0.05) is 20.6 Å². The van der Waals surface area contributed by atoms with E-state index in [2.05, 4.69) is 21.6 Å². The van der Waals surface area contributed by atoms with Crippen molar-refractivity contribution in [1.29, 1.82) is 0 Å². The number of aryl methyl sites for hydroxylation is 1. The lowest BCUT2D eigenvalue weighted by atomic mass is 10.1. The van der Waals surface area contributed by atoms with Gasteiger partial charge in [-0.2, -0.15) is 0 Å². The van der Waals surface area contributed by atoms with E-state index < -0.39 is 0 Å². The Morgan fingerprint density at radius 1 is 1.25 bits per heavy atom. The number of nitrogens with one attached hydrogen (secondary N) is 1. The molecule has 104 valence electrons. The van der Waals surface area contributed by atoms with Gasteiger partial charge in [-0.05, 0) is 24.6 Å². The molecular weight excluding hydrogens is 252 g/mol. The summed E-state index contributed by atoms with van der Waals surface area (Å²) in [5.74, 6) is 0.504. The Bertz CT molecular complexity index is 595. The number of carbonyl (C=O) groups is 1. The molecule has 5 nitrogen and oxygen atoms in total. The van der Waals surface area contributed by atoms with E-state index in [4.69, 9.17) is 0 Å². The summed E-state index contributed by atoms with van der Waals surface area (Å²) in [7, 11) is 3.52. The quantitative estimate of drug-likeness (QED) is 0.924. The first-order valence-electron chi connectivity index (χ1n) is 6.42. The smallest absolute Gasteiger partial charge is 0.274 e. The number of hydrogen-bond acceptors (Lipinski definition) is 4. The molecular formula is C15H18N4O. The molecule has 0 fully saturated rings. The molecule has 20 heavy (non-hydrogen) atoms. The third kappa shape index (κ3) is 3.32. The summed E-state index contributed by atoms with van der Waals surface area (Å²) in [4.78, 5) is 13.9. The van der Waals surface area contributed by atoms with Crippen molar-refractivity contribution < 1.29 is 4.79 Å². The van der Waals surface area contributed by atoms with Crippen LogP contribution < -0.4 is 5.32 Å². The number of carbonyl (C=O) groups excluding carboxylic acids is 1. The molecule has 1 N–H and O–H groups in total. The Hall–Kier alpha value is -2.43. The summed E-state index contributed by atoms with van der Waals surface area (Å²) >= 11 is 0.